The van der Waals surface area contributed by atoms with E-state index in [1.807, 2.05) is 12.2 Å². The summed E-state index contributed by atoms with van der Waals surface area (Å²) in [6.45, 7) is 14.0. The monoisotopic (exact) mass is 426 g/mol. The number of nitrogens with zero attached hydrogens (tertiary/aromatic N) is 2. The highest BCUT2D eigenvalue weighted by atomic mass is 32.1. The van der Waals surface area contributed by atoms with E-state index in [2.05, 4.69) is 60.8 Å². The van der Waals surface area contributed by atoms with Gasteiger partial charge in [0.1, 0.15) is 4.83 Å². The van der Waals surface area contributed by atoms with Crippen LogP contribution in [0.15, 0.2) is 47.4 Å². The number of aromatic nitrogens is 1. The van der Waals surface area contributed by atoms with E-state index < -0.39 is 0 Å². The minimum absolute atomic E-state index is 0.0799. The van der Waals surface area contributed by atoms with Crippen LogP contribution >= 0.6 is 11.3 Å². The third-order valence-corrected chi connectivity index (χ3v) is 7.01. The van der Waals surface area contributed by atoms with Crippen molar-refractivity contribution in [3.05, 3.63) is 58.7 Å². The molecule has 0 aliphatic carbocycles. The van der Waals surface area contributed by atoms with Gasteiger partial charge in [-0.15, -0.1) is 11.3 Å². The largest absolute Gasteiger partial charge is 0.379 e. The lowest BCUT2D eigenvalue weighted by Crippen LogP contribution is -2.38. The van der Waals surface area contributed by atoms with Crippen LogP contribution in [0.5, 0.6) is 0 Å². The summed E-state index contributed by atoms with van der Waals surface area (Å²) in [6, 6.07) is 2.08. The number of ketones is 1. The summed E-state index contributed by atoms with van der Waals surface area (Å²) < 4.78 is 7.76. The molecule has 1 atom stereocenters. The van der Waals surface area contributed by atoms with Gasteiger partial charge in [0.15, 0.2) is 5.78 Å². The van der Waals surface area contributed by atoms with Crippen molar-refractivity contribution in [3.63, 3.8) is 0 Å². The van der Waals surface area contributed by atoms with Crippen LogP contribution in [-0.2, 0) is 11.3 Å². The zero-order valence-electron chi connectivity index (χ0n) is 18.7. The maximum atomic E-state index is 13.0. The fourth-order valence-electron chi connectivity index (χ4n) is 4.00. The Morgan fingerprint density at radius 2 is 1.97 bits per heavy atom. The number of rotatable bonds is 9. The first kappa shape index (κ1) is 22.7. The Kier molecular flexibility index (Phi) is 8.25. The number of hydrogen-bond acceptors (Lipinski definition) is 4. The summed E-state index contributed by atoms with van der Waals surface area (Å²) in [4.78, 5) is 16.7. The van der Waals surface area contributed by atoms with Crippen molar-refractivity contribution in [2.75, 3.05) is 32.8 Å². The summed E-state index contributed by atoms with van der Waals surface area (Å²) in [5.74, 6) is 0.611. The lowest BCUT2D eigenvalue weighted by molar-refractivity contribution is 0.0365. The maximum absolute atomic E-state index is 13.0. The molecule has 162 valence electrons. The van der Waals surface area contributed by atoms with Crippen LogP contribution in [0.3, 0.4) is 0 Å². The predicted octanol–water partition coefficient (Wildman–Crippen LogP) is 5.63. The molecular formula is C25H34N2O2S. The molecule has 1 unspecified atom stereocenters. The summed E-state index contributed by atoms with van der Waals surface area (Å²) in [5.41, 5.74) is 3.21. The van der Waals surface area contributed by atoms with Gasteiger partial charge < -0.3 is 9.30 Å². The zero-order chi connectivity index (χ0) is 21.5. The molecule has 0 N–H and O–H groups in total. The second-order valence-electron chi connectivity index (χ2n) is 7.89. The van der Waals surface area contributed by atoms with Gasteiger partial charge in [-0.2, -0.15) is 0 Å². The SMILES string of the molecule is C\C=C(/C=C\C=C\C(=O)c1c(C)n(CCN2CCOCC2)c2sccc12)C(C)CC. The molecule has 3 rings (SSSR count). The van der Waals surface area contributed by atoms with Gasteiger partial charge in [-0.25, -0.2) is 0 Å². The quantitative estimate of drug-likeness (QED) is 0.296. The third-order valence-electron chi connectivity index (χ3n) is 6.08. The molecule has 1 saturated heterocycles. The zero-order valence-corrected chi connectivity index (χ0v) is 19.5. The molecule has 0 saturated carbocycles. The first-order chi connectivity index (χ1) is 14.6. The fourth-order valence-corrected chi connectivity index (χ4v) is 4.99. The molecule has 5 heteroatoms. The van der Waals surface area contributed by atoms with Crippen LogP contribution in [0.4, 0.5) is 0 Å². The van der Waals surface area contributed by atoms with Gasteiger partial charge in [-0.1, -0.05) is 38.2 Å². The number of carbonyl (C=O) groups is 1. The topological polar surface area (TPSA) is 34.5 Å². The molecule has 30 heavy (non-hydrogen) atoms. The summed E-state index contributed by atoms with van der Waals surface area (Å²) >= 11 is 1.72. The van der Waals surface area contributed by atoms with Crippen LogP contribution < -0.4 is 0 Å². The normalized spacial score (nSPS) is 17.5. The Hall–Kier alpha value is -1.95. The van der Waals surface area contributed by atoms with Crippen molar-refractivity contribution in [2.24, 2.45) is 5.92 Å². The van der Waals surface area contributed by atoms with E-state index in [1.165, 1.54) is 10.4 Å². The Balaban J connectivity index is 1.74. The fraction of sp³-hybridized carbons (Fsp3) is 0.480. The van der Waals surface area contributed by atoms with E-state index in [9.17, 15) is 4.79 Å². The van der Waals surface area contributed by atoms with Crippen molar-refractivity contribution >= 4 is 27.3 Å². The lowest BCUT2D eigenvalue weighted by Gasteiger charge is -2.26. The summed E-state index contributed by atoms with van der Waals surface area (Å²) in [6.07, 6.45) is 10.9. The minimum atomic E-state index is 0.0799. The number of carbonyl (C=O) groups excluding carboxylic acids is 1. The van der Waals surface area contributed by atoms with E-state index in [0.29, 0.717) is 5.92 Å². The molecule has 2 aromatic heterocycles. The Morgan fingerprint density at radius 3 is 2.67 bits per heavy atom. The van der Waals surface area contributed by atoms with Gasteiger partial charge in [-0.05, 0) is 49.3 Å². The summed E-state index contributed by atoms with van der Waals surface area (Å²) in [7, 11) is 0. The molecule has 0 aromatic carbocycles. The first-order valence-electron chi connectivity index (χ1n) is 11.0. The standard InChI is InChI=1S/C25H34N2O2S/c1-5-19(3)21(6-2)9-7-8-10-23(28)24-20(4)27(25-22(24)11-18-30-25)13-12-26-14-16-29-17-15-26/h6-11,18-19H,5,12-17H2,1-4H3/b9-7-,10-8+,21-6+. The molecule has 0 radical (unpaired) electrons. The highest BCUT2D eigenvalue weighted by Crippen LogP contribution is 2.31. The maximum Gasteiger partial charge on any atom is 0.188 e. The smallest absolute Gasteiger partial charge is 0.188 e. The average molecular weight is 427 g/mol. The highest BCUT2D eigenvalue weighted by Gasteiger charge is 2.20. The Bertz CT molecular complexity index is 942. The molecule has 1 aliphatic rings. The molecular weight excluding hydrogens is 392 g/mol. The molecule has 0 amide bonds. The van der Waals surface area contributed by atoms with Crippen LogP contribution in [0, 0.1) is 12.8 Å². The van der Waals surface area contributed by atoms with Crippen LogP contribution in [0.2, 0.25) is 0 Å². The Labute approximate surface area is 184 Å². The minimum Gasteiger partial charge on any atom is -0.379 e. The van der Waals surface area contributed by atoms with Crippen LogP contribution in [0.25, 0.3) is 10.2 Å². The van der Waals surface area contributed by atoms with Gasteiger partial charge >= 0.3 is 0 Å². The van der Waals surface area contributed by atoms with E-state index in [0.717, 1.165) is 62.5 Å². The number of hydrogen-bond donors (Lipinski definition) is 0. The second-order valence-corrected chi connectivity index (χ2v) is 8.78. The van der Waals surface area contributed by atoms with Gasteiger partial charge in [-0.3, -0.25) is 9.69 Å². The third kappa shape index (κ3) is 5.20. The van der Waals surface area contributed by atoms with E-state index in [1.54, 1.807) is 17.4 Å². The highest BCUT2D eigenvalue weighted by molar-refractivity contribution is 7.16. The van der Waals surface area contributed by atoms with E-state index >= 15 is 0 Å². The molecule has 0 bridgehead atoms. The number of ether oxygens (including phenoxy) is 1. The van der Waals surface area contributed by atoms with Crippen molar-refractivity contribution in [1.29, 1.82) is 0 Å². The molecule has 4 nitrogen and oxygen atoms in total. The Morgan fingerprint density at radius 1 is 1.23 bits per heavy atom. The first-order valence-corrected chi connectivity index (χ1v) is 11.9. The lowest BCUT2D eigenvalue weighted by atomic mass is 9.98. The van der Waals surface area contributed by atoms with Crippen LogP contribution in [0.1, 0.15) is 43.2 Å². The van der Waals surface area contributed by atoms with E-state index in [4.69, 9.17) is 4.74 Å². The van der Waals surface area contributed by atoms with Gasteiger partial charge in [0.2, 0.25) is 0 Å². The number of allylic oxidation sites excluding steroid dienone is 6. The number of fused-ring (bicyclic) bond motifs is 1. The number of thiophene rings is 1. The molecule has 1 aliphatic heterocycles. The van der Waals surface area contributed by atoms with Gasteiger partial charge in [0.25, 0.3) is 0 Å². The van der Waals surface area contributed by atoms with Gasteiger partial charge in [0, 0.05) is 37.3 Å². The van der Waals surface area contributed by atoms with Crippen molar-refractivity contribution in [1.82, 2.24) is 9.47 Å². The van der Waals surface area contributed by atoms with E-state index in [-0.39, 0.29) is 5.78 Å². The van der Waals surface area contributed by atoms with Crippen molar-refractivity contribution < 1.29 is 9.53 Å². The molecule has 2 aromatic rings. The summed E-state index contributed by atoms with van der Waals surface area (Å²) in [5, 5.41) is 3.16. The molecule has 0 spiro atoms. The van der Waals surface area contributed by atoms with Crippen molar-refractivity contribution in [2.45, 2.75) is 40.7 Å². The second kappa shape index (κ2) is 10.9. The van der Waals surface area contributed by atoms with Crippen LogP contribution in [-0.4, -0.2) is 48.1 Å². The predicted molar refractivity (Wildman–Crippen MR) is 128 cm³/mol. The number of morpholine rings is 1. The van der Waals surface area contributed by atoms with Crippen molar-refractivity contribution in [3.8, 4) is 0 Å². The average Bonchev–Trinajstić information content (AvgIpc) is 3.32. The molecule has 1 fully saturated rings. The van der Waals surface area contributed by atoms with Gasteiger partial charge in [0.05, 0.1) is 18.8 Å². The molecule has 3 heterocycles.